The van der Waals surface area contributed by atoms with Crippen LogP contribution in [0.4, 0.5) is 0 Å². The minimum atomic E-state index is -0.683. The SMILES string of the molecule is Cc1cccc(Cc2n[nH]c3cc(O)c(C(=O)Cl)cc23)c1. The summed E-state index contributed by atoms with van der Waals surface area (Å²) in [5, 5.41) is 17.0. The number of aromatic nitrogens is 2. The number of rotatable bonds is 3. The molecule has 0 spiro atoms. The minimum absolute atomic E-state index is 0.0936. The van der Waals surface area contributed by atoms with Crippen LogP contribution in [0.3, 0.4) is 0 Å². The number of nitrogens with one attached hydrogen (secondary N) is 1. The molecule has 0 aliphatic carbocycles. The van der Waals surface area contributed by atoms with Crippen LogP contribution in [0.25, 0.3) is 10.9 Å². The lowest BCUT2D eigenvalue weighted by Crippen LogP contribution is -1.92. The van der Waals surface area contributed by atoms with Crippen molar-refractivity contribution in [1.82, 2.24) is 10.2 Å². The molecule has 0 radical (unpaired) electrons. The molecule has 0 unspecified atom stereocenters. The molecule has 1 heterocycles. The van der Waals surface area contributed by atoms with Gasteiger partial charge in [-0.05, 0) is 30.2 Å². The average molecular weight is 301 g/mol. The Kier molecular flexibility index (Phi) is 3.39. The predicted molar refractivity (Wildman–Crippen MR) is 81.9 cm³/mol. The summed E-state index contributed by atoms with van der Waals surface area (Å²) < 4.78 is 0. The van der Waals surface area contributed by atoms with E-state index in [9.17, 15) is 9.90 Å². The van der Waals surface area contributed by atoms with E-state index in [4.69, 9.17) is 11.6 Å². The highest BCUT2D eigenvalue weighted by molar-refractivity contribution is 6.68. The number of aryl methyl sites for hydroxylation is 1. The summed E-state index contributed by atoms with van der Waals surface area (Å²) in [7, 11) is 0. The van der Waals surface area contributed by atoms with Gasteiger partial charge in [-0.15, -0.1) is 0 Å². The number of phenolic OH excluding ortho intramolecular Hbond substituents is 1. The molecule has 5 heteroatoms. The Morgan fingerprint density at radius 1 is 1.33 bits per heavy atom. The van der Waals surface area contributed by atoms with Crippen LogP contribution in [0, 0.1) is 6.92 Å². The zero-order valence-corrected chi connectivity index (χ0v) is 12.1. The van der Waals surface area contributed by atoms with Gasteiger partial charge in [0, 0.05) is 17.9 Å². The van der Waals surface area contributed by atoms with E-state index in [0.717, 1.165) is 16.6 Å². The summed E-state index contributed by atoms with van der Waals surface area (Å²) in [6, 6.07) is 11.2. The quantitative estimate of drug-likeness (QED) is 0.727. The first kappa shape index (κ1) is 13.6. The van der Waals surface area contributed by atoms with E-state index in [1.165, 1.54) is 11.6 Å². The molecule has 3 aromatic rings. The largest absolute Gasteiger partial charge is 0.507 e. The fraction of sp³-hybridized carbons (Fsp3) is 0.125. The average Bonchev–Trinajstić information content (AvgIpc) is 2.80. The number of aromatic amines is 1. The highest BCUT2D eigenvalue weighted by Gasteiger charge is 2.14. The van der Waals surface area contributed by atoms with Gasteiger partial charge in [0.2, 0.25) is 0 Å². The number of fused-ring (bicyclic) bond motifs is 1. The highest BCUT2D eigenvalue weighted by atomic mass is 35.5. The van der Waals surface area contributed by atoms with Crippen LogP contribution in [0.1, 0.15) is 27.2 Å². The molecule has 0 aliphatic heterocycles. The number of aromatic hydroxyl groups is 1. The zero-order chi connectivity index (χ0) is 15.0. The molecule has 0 amide bonds. The molecule has 4 nitrogen and oxygen atoms in total. The molecular formula is C16H13ClN2O2. The Balaban J connectivity index is 2.07. The van der Waals surface area contributed by atoms with Crippen molar-refractivity contribution in [1.29, 1.82) is 0 Å². The van der Waals surface area contributed by atoms with Crippen molar-refractivity contribution in [2.75, 3.05) is 0 Å². The summed E-state index contributed by atoms with van der Waals surface area (Å²) >= 11 is 5.48. The fourth-order valence-electron chi connectivity index (χ4n) is 2.42. The summed E-state index contributed by atoms with van der Waals surface area (Å²) in [4.78, 5) is 11.3. The fourth-order valence-corrected chi connectivity index (χ4v) is 2.57. The molecule has 106 valence electrons. The van der Waals surface area contributed by atoms with Crippen molar-refractivity contribution in [3.8, 4) is 5.75 Å². The third-order valence-corrected chi connectivity index (χ3v) is 3.63. The van der Waals surface area contributed by atoms with E-state index >= 15 is 0 Å². The maximum atomic E-state index is 11.3. The van der Waals surface area contributed by atoms with E-state index in [1.54, 1.807) is 6.07 Å². The van der Waals surface area contributed by atoms with Gasteiger partial charge in [-0.3, -0.25) is 9.89 Å². The summed E-state index contributed by atoms with van der Waals surface area (Å²) in [6.07, 6.45) is 0.641. The monoisotopic (exact) mass is 300 g/mol. The molecule has 0 saturated heterocycles. The predicted octanol–water partition coefficient (Wildman–Crippen LogP) is 3.55. The third-order valence-electron chi connectivity index (χ3n) is 3.42. The Morgan fingerprint density at radius 3 is 2.86 bits per heavy atom. The Bertz CT molecular complexity index is 839. The van der Waals surface area contributed by atoms with Gasteiger partial charge in [0.1, 0.15) is 5.75 Å². The van der Waals surface area contributed by atoms with Gasteiger partial charge in [-0.2, -0.15) is 5.10 Å². The number of nitrogens with zero attached hydrogens (tertiary/aromatic N) is 1. The maximum absolute atomic E-state index is 11.3. The first-order valence-corrected chi connectivity index (χ1v) is 6.88. The number of H-pyrrole nitrogens is 1. The first-order chi connectivity index (χ1) is 10.0. The van der Waals surface area contributed by atoms with Crippen molar-refractivity contribution in [2.45, 2.75) is 13.3 Å². The number of hydrogen-bond acceptors (Lipinski definition) is 3. The third kappa shape index (κ3) is 2.62. The van der Waals surface area contributed by atoms with Crippen molar-refractivity contribution in [3.05, 3.63) is 58.8 Å². The second-order valence-electron chi connectivity index (χ2n) is 5.02. The van der Waals surface area contributed by atoms with Crippen LogP contribution in [-0.4, -0.2) is 20.5 Å². The van der Waals surface area contributed by atoms with Crippen molar-refractivity contribution in [2.24, 2.45) is 0 Å². The van der Waals surface area contributed by atoms with Crippen molar-refractivity contribution in [3.63, 3.8) is 0 Å². The lowest BCUT2D eigenvalue weighted by atomic mass is 10.0. The van der Waals surface area contributed by atoms with Gasteiger partial charge in [-0.1, -0.05) is 29.8 Å². The number of halogens is 1. The van der Waals surface area contributed by atoms with Gasteiger partial charge in [-0.25, -0.2) is 0 Å². The molecule has 0 bridgehead atoms. The van der Waals surface area contributed by atoms with Crippen LogP contribution in [0.5, 0.6) is 5.75 Å². The summed E-state index contributed by atoms with van der Waals surface area (Å²) in [5.74, 6) is -0.145. The Labute approximate surface area is 126 Å². The van der Waals surface area contributed by atoms with E-state index in [-0.39, 0.29) is 11.3 Å². The number of phenols is 1. The summed E-state index contributed by atoms with van der Waals surface area (Å²) in [6.45, 7) is 2.04. The van der Waals surface area contributed by atoms with Gasteiger partial charge in [0.25, 0.3) is 5.24 Å². The van der Waals surface area contributed by atoms with Crippen molar-refractivity contribution >= 4 is 27.7 Å². The maximum Gasteiger partial charge on any atom is 0.256 e. The molecule has 2 N–H and O–H groups in total. The molecule has 1 aromatic heterocycles. The number of carbonyl (C=O) groups is 1. The molecule has 0 saturated carbocycles. The molecular weight excluding hydrogens is 288 g/mol. The van der Waals surface area contributed by atoms with Gasteiger partial charge in [0.05, 0.1) is 16.8 Å². The second kappa shape index (κ2) is 5.22. The lowest BCUT2D eigenvalue weighted by molar-refractivity contribution is 0.107. The summed E-state index contributed by atoms with van der Waals surface area (Å²) in [5.41, 5.74) is 3.90. The molecule has 2 aromatic carbocycles. The van der Waals surface area contributed by atoms with Gasteiger partial charge in [0.15, 0.2) is 0 Å². The van der Waals surface area contributed by atoms with Gasteiger partial charge >= 0.3 is 0 Å². The standard InChI is InChI=1S/C16H13ClN2O2/c1-9-3-2-4-10(5-9)6-13-11-7-12(16(17)21)15(20)8-14(11)19-18-13/h2-5,7-8,20H,6H2,1H3,(H,18,19). The van der Waals surface area contributed by atoms with Crippen LogP contribution in [0.15, 0.2) is 36.4 Å². The van der Waals surface area contributed by atoms with Crippen molar-refractivity contribution < 1.29 is 9.90 Å². The molecule has 0 aliphatic rings. The second-order valence-corrected chi connectivity index (χ2v) is 5.37. The zero-order valence-electron chi connectivity index (χ0n) is 11.4. The van der Waals surface area contributed by atoms with E-state index in [1.807, 2.05) is 25.1 Å². The first-order valence-electron chi connectivity index (χ1n) is 6.50. The van der Waals surface area contributed by atoms with E-state index < -0.39 is 5.24 Å². The smallest absolute Gasteiger partial charge is 0.256 e. The van der Waals surface area contributed by atoms with Crippen LogP contribution in [-0.2, 0) is 6.42 Å². The molecule has 0 atom stereocenters. The van der Waals surface area contributed by atoms with Gasteiger partial charge < -0.3 is 5.11 Å². The molecule has 3 rings (SSSR count). The highest BCUT2D eigenvalue weighted by Crippen LogP contribution is 2.28. The molecule has 0 fully saturated rings. The van der Waals surface area contributed by atoms with Crippen LogP contribution in [0.2, 0.25) is 0 Å². The Hall–Kier alpha value is -2.33. The number of carbonyl (C=O) groups excluding carboxylic acids is 1. The molecule has 21 heavy (non-hydrogen) atoms. The Morgan fingerprint density at radius 2 is 2.14 bits per heavy atom. The topological polar surface area (TPSA) is 66.0 Å². The van der Waals surface area contributed by atoms with E-state index in [0.29, 0.717) is 11.9 Å². The lowest BCUT2D eigenvalue weighted by Gasteiger charge is -2.02. The van der Waals surface area contributed by atoms with Crippen LogP contribution < -0.4 is 0 Å². The number of benzene rings is 2. The van der Waals surface area contributed by atoms with Crippen LogP contribution >= 0.6 is 11.6 Å². The minimum Gasteiger partial charge on any atom is -0.507 e. The van der Waals surface area contributed by atoms with E-state index in [2.05, 4.69) is 16.3 Å². The number of hydrogen-bond donors (Lipinski definition) is 2. The normalized spacial score (nSPS) is 11.0.